The van der Waals surface area contributed by atoms with Crippen molar-refractivity contribution >= 4 is 23.2 Å². The van der Waals surface area contributed by atoms with E-state index in [-0.39, 0.29) is 0 Å². The molecule has 3 nitrogen and oxygen atoms in total. The monoisotopic (exact) mass is 299 g/mol. The topological polar surface area (TPSA) is 38.1 Å². The van der Waals surface area contributed by atoms with Gasteiger partial charge in [-0.25, -0.2) is 0 Å². The van der Waals surface area contributed by atoms with E-state index >= 15 is 0 Å². The van der Waals surface area contributed by atoms with Gasteiger partial charge in [0.1, 0.15) is 0 Å². The molecule has 0 amide bonds. The lowest BCUT2D eigenvalue weighted by atomic mass is 9.97. The predicted molar refractivity (Wildman–Crippen MR) is 97.4 cm³/mol. The first-order chi connectivity index (χ1) is 11.2. The summed E-state index contributed by atoms with van der Waals surface area (Å²) in [5, 5.41) is 1.06. The fourth-order valence-corrected chi connectivity index (χ4v) is 2.59. The molecule has 2 heterocycles. The Kier molecular flexibility index (Phi) is 4.11. The summed E-state index contributed by atoms with van der Waals surface area (Å²) in [6.07, 6.45) is 8.99. The second kappa shape index (κ2) is 6.36. The molecule has 0 unspecified atom stereocenters. The molecule has 1 aromatic carbocycles. The third kappa shape index (κ3) is 2.94. The molecule has 0 spiro atoms. The van der Waals surface area contributed by atoms with Gasteiger partial charge in [0.05, 0.1) is 5.52 Å². The fourth-order valence-electron chi connectivity index (χ4n) is 2.59. The highest BCUT2D eigenvalue weighted by molar-refractivity contribution is 5.95. The molecule has 0 aliphatic heterocycles. The molecule has 3 aromatic rings. The van der Waals surface area contributed by atoms with Crippen LogP contribution in [0.1, 0.15) is 11.1 Å². The molecule has 0 fully saturated rings. The number of aromatic nitrogens is 2. The number of aryl methyl sites for hydroxylation is 1. The van der Waals surface area contributed by atoms with Crippen LogP contribution in [0.25, 0.3) is 27.6 Å². The van der Waals surface area contributed by atoms with Crippen LogP contribution in [-0.4, -0.2) is 16.7 Å². The summed E-state index contributed by atoms with van der Waals surface area (Å²) in [7, 11) is 0. The van der Waals surface area contributed by atoms with Crippen LogP contribution in [0, 0.1) is 6.92 Å². The zero-order valence-corrected chi connectivity index (χ0v) is 13.0. The van der Waals surface area contributed by atoms with Gasteiger partial charge in [-0.15, -0.1) is 0 Å². The summed E-state index contributed by atoms with van der Waals surface area (Å²) < 4.78 is 0. The molecule has 0 saturated carbocycles. The number of nitrogens with zero attached hydrogens (tertiary/aromatic N) is 3. The summed E-state index contributed by atoms with van der Waals surface area (Å²) in [4.78, 5) is 12.4. The Balaban J connectivity index is 2.19. The maximum absolute atomic E-state index is 4.45. The smallest absolute Gasteiger partial charge is 0.0708 e. The van der Waals surface area contributed by atoms with Crippen LogP contribution >= 0.6 is 0 Å². The Labute approximate surface area is 135 Å². The van der Waals surface area contributed by atoms with Gasteiger partial charge in [-0.3, -0.25) is 15.0 Å². The van der Waals surface area contributed by atoms with Crippen LogP contribution in [0.2, 0.25) is 0 Å². The highest BCUT2D eigenvalue weighted by Gasteiger charge is 2.07. The van der Waals surface area contributed by atoms with Gasteiger partial charge in [0.25, 0.3) is 0 Å². The number of fused-ring (bicyclic) bond motifs is 1. The maximum atomic E-state index is 4.45. The van der Waals surface area contributed by atoms with Crippen LogP contribution in [0.15, 0.2) is 72.8 Å². The molecule has 2 aromatic heterocycles. The lowest BCUT2D eigenvalue weighted by molar-refractivity contribution is 1.29. The van der Waals surface area contributed by atoms with Crippen molar-refractivity contribution in [3.8, 4) is 11.1 Å². The Morgan fingerprint density at radius 2 is 2.04 bits per heavy atom. The van der Waals surface area contributed by atoms with E-state index in [4.69, 9.17) is 0 Å². The summed E-state index contributed by atoms with van der Waals surface area (Å²) in [5.74, 6) is 0. The average molecular weight is 299 g/mol. The van der Waals surface area contributed by atoms with E-state index in [1.807, 2.05) is 36.7 Å². The van der Waals surface area contributed by atoms with Crippen LogP contribution < -0.4 is 0 Å². The molecule has 0 bridgehead atoms. The molecule has 0 aliphatic rings. The normalized spacial score (nSPS) is 11.0. The van der Waals surface area contributed by atoms with Gasteiger partial charge in [-0.05, 0) is 66.2 Å². The largest absolute Gasteiger partial charge is 0.272 e. The number of hydrogen-bond acceptors (Lipinski definition) is 3. The standard InChI is InChI=1S/C20H17N3/c1-14(6-9-21-3)17-8-11-23-20-5-4-16(12-18(17)20)19-13-22-10-7-15(19)2/h4-13H,1,3H2,2H3/b9-6-. The predicted octanol–water partition coefficient (Wildman–Crippen LogP) is 4.83. The van der Waals surface area contributed by atoms with Crippen molar-refractivity contribution in [3.63, 3.8) is 0 Å². The van der Waals surface area contributed by atoms with E-state index in [2.05, 4.69) is 47.3 Å². The fraction of sp³-hybridized carbons (Fsp3) is 0.0500. The molecule has 3 rings (SSSR count). The van der Waals surface area contributed by atoms with Crippen molar-refractivity contribution in [2.75, 3.05) is 0 Å². The van der Waals surface area contributed by atoms with Crippen LogP contribution in [0.3, 0.4) is 0 Å². The number of benzene rings is 1. The first-order valence-corrected chi connectivity index (χ1v) is 7.32. The zero-order chi connectivity index (χ0) is 16.2. The minimum Gasteiger partial charge on any atom is -0.272 e. The molecule has 23 heavy (non-hydrogen) atoms. The number of aliphatic imine (C=N–C) groups is 1. The maximum Gasteiger partial charge on any atom is 0.0708 e. The summed E-state index contributed by atoms with van der Waals surface area (Å²) in [6, 6.07) is 10.2. The molecular formula is C20H17N3. The minimum atomic E-state index is 0.879. The van der Waals surface area contributed by atoms with E-state index in [9.17, 15) is 0 Å². The summed E-state index contributed by atoms with van der Waals surface area (Å²) in [6.45, 7) is 9.66. The van der Waals surface area contributed by atoms with Crippen molar-refractivity contribution in [2.24, 2.45) is 4.99 Å². The first kappa shape index (κ1) is 14.9. The second-order valence-corrected chi connectivity index (χ2v) is 5.30. The number of rotatable bonds is 4. The van der Waals surface area contributed by atoms with Crippen molar-refractivity contribution in [1.82, 2.24) is 9.97 Å². The van der Waals surface area contributed by atoms with Crippen molar-refractivity contribution < 1.29 is 0 Å². The van der Waals surface area contributed by atoms with Crippen LogP contribution in [0.4, 0.5) is 0 Å². The molecular weight excluding hydrogens is 282 g/mol. The van der Waals surface area contributed by atoms with Gasteiger partial charge < -0.3 is 0 Å². The number of pyridine rings is 2. The van der Waals surface area contributed by atoms with Crippen LogP contribution in [0.5, 0.6) is 0 Å². The summed E-state index contributed by atoms with van der Waals surface area (Å²) in [5.41, 5.74) is 6.30. The highest BCUT2D eigenvalue weighted by atomic mass is 14.6. The van der Waals surface area contributed by atoms with E-state index in [1.54, 1.807) is 12.4 Å². The quantitative estimate of drug-likeness (QED) is 0.511. The first-order valence-electron chi connectivity index (χ1n) is 7.32. The second-order valence-electron chi connectivity index (χ2n) is 5.30. The Hall–Kier alpha value is -3.07. The molecule has 0 saturated heterocycles. The van der Waals surface area contributed by atoms with E-state index in [1.165, 1.54) is 5.56 Å². The molecule has 0 radical (unpaired) electrons. The van der Waals surface area contributed by atoms with Gasteiger partial charge in [0, 0.05) is 35.7 Å². The van der Waals surface area contributed by atoms with Gasteiger partial charge in [0.15, 0.2) is 0 Å². The van der Waals surface area contributed by atoms with Crippen molar-refractivity contribution in [1.29, 1.82) is 0 Å². The minimum absolute atomic E-state index is 0.879. The SMILES string of the molecule is C=N/C=C\C(=C)c1ccnc2ccc(-c3cnccc3C)cc12. The summed E-state index contributed by atoms with van der Waals surface area (Å²) >= 11 is 0. The molecule has 0 N–H and O–H groups in total. The lowest BCUT2D eigenvalue weighted by Gasteiger charge is -2.10. The molecule has 0 atom stereocenters. The highest BCUT2D eigenvalue weighted by Crippen LogP contribution is 2.29. The number of allylic oxidation sites excluding steroid dienone is 2. The zero-order valence-electron chi connectivity index (χ0n) is 13.0. The van der Waals surface area contributed by atoms with Gasteiger partial charge in [-0.1, -0.05) is 12.6 Å². The van der Waals surface area contributed by atoms with E-state index in [0.717, 1.165) is 33.2 Å². The Morgan fingerprint density at radius 1 is 1.17 bits per heavy atom. The Bertz CT molecular complexity index is 923. The van der Waals surface area contributed by atoms with Crippen molar-refractivity contribution in [2.45, 2.75) is 6.92 Å². The molecule has 3 heteroatoms. The number of hydrogen-bond donors (Lipinski definition) is 0. The third-order valence-corrected chi connectivity index (χ3v) is 3.82. The van der Waals surface area contributed by atoms with Crippen LogP contribution in [-0.2, 0) is 0 Å². The Morgan fingerprint density at radius 3 is 2.83 bits per heavy atom. The van der Waals surface area contributed by atoms with Crippen molar-refractivity contribution in [3.05, 3.63) is 78.9 Å². The average Bonchev–Trinajstić information content (AvgIpc) is 2.59. The van der Waals surface area contributed by atoms with E-state index < -0.39 is 0 Å². The van der Waals surface area contributed by atoms with E-state index in [0.29, 0.717) is 0 Å². The third-order valence-electron chi connectivity index (χ3n) is 3.82. The van der Waals surface area contributed by atoms with Gasteiger partial charge >= 0.3 is 0 Å². The molecule has 112 valence electrons. The molecule has 0 aliphatic carbocycles. The van der Waals surface area contributed by atoms with Gasteiger partial charge in [0.2, 0.25) is 0 Å². The lowest BCUT2D eigenvalue weighted by Crippen LogP contribution is -1.89. The van der Waals surface area contributed by atoms with Gasteiger partial charge in [-0.2, -0.15) is 0 Å².